The van der Waals surface area contributed by atoms with E-state index in [0.717, 1.165) is 32.1 Å². The number of rotatable bonds is 25. The zero-order chi connectivity index (χ0) is 32.0. The van der Waals surface area contributed by atoms with Gasteiger partial charge in [0.1, 0.15) is 30.1 Å². The average molecular weight is 624 g/mol. The van der Waals surface area contributed by atoms with Crippen LogP contribution in [0, 0.1) is 0 Å². The predicted octanol–water partition coefficient (Wildman–Crippen LogP) is 8.30. The molecule has 0 aromatic heterocycles. The van der Waals surface area contributed by atoms with Crippen molar-refractivity contribution in [2.45, 2.75) is 193 Å². The first-order valence-corrected chi connectivity index (χ1v) is 18.0. The molecule has 0 aromatic carbocycles. The van der Waals surface area contributed by atoms with Gasteiger partial charge in [-0.3, -0.25) is 9.59 Å². The fourth-order valence-corrected chi connectivity index (χ4v) is 6.04. The predicted molar refractivity (Wildman–Crippen MR) is 175 cm³/mol. The Morgan fingerprint density at radius 3 is 2.00 bits per heavy atom. The molecule has 2 rings (SSSR count). The van der Waals surface area contributed by atoms with Crippen LogP contribution in [-0.4, -0.2) is 61.3 Å². The van der Waals surface area contributed by atoms with E-state index in [-0.39, 0.29) is 18.1 Å². The maximum absolute atomic E-state index is 13.2. The van der Waals surface area contributed by atoms with Crippen molar-refractivity contribution in [1.82, 2.24) is 5.32 Å². The van der Waals surface area contributed by atoms with Gasteiger partial charge in [0.2, 0.25) is 12.2 Å². The molecule has 0 spiro atoms. The first-order chi connectivity index (χ1) is 21.3. The summed E-state index contributed by atoms with van der Waals surface area (Å²) in [5.74, 6) is -1.17. The minimum absolute atomic E-state index is 0.0363. The van der Waals surface area contributed by atoms with Crippen LogP contribution in [-0.2, 0) is 33.3 Å². The number of Topliss-reactive ketones (excluding diaryl/α,β-unsaturated/α-hetero) is 1. The lowest BCUT2D eigenvalue weighted by Gasteiger charge is -2.50. The number of unbranched alkanes of at least 4 members (excludes halogenated alkanes) is 15. The van der Waals surface area contributed by atoms with Gasteiger partial charge >= 0.3 is 0 Å². The molecule has 0 radical (unpaired) electrons. The second-order valence-electron chi connectivity index (χ2n) is 13.1. The largest absolute Gasteiger partial charge is 0.471 e. The summed E-state index contributed by atoms with van der Waals surface area (Å²) in [5, 5.41) is 3.05. The van der Waals surface area contributed by atoms with Crippen LogP contribution in [0.15, 0.2) is 12.3 Å². The number of hydrogen-bond acceptors (Lipinski definition) is 7. The number of fused-ring (bicyclic) bond motifs is 1. The SMILES string of the molecule is CC=CO[C@H]1O[C@@H]2COC(C)(C)O[C@H]2[C@H](OCCCCCCCCCC)[C@H]1NC(=O)CC(=O)CCCCCCCCCCC. The van der Waals surface area contributed by atoms with E-state index in [0.29, 0.717) is 19.6 Å². The van der Waals surface area contributed by atoms with E-state index in [4.69, 9.17) is 23.7 Å². The van der Waals surface area contributed by atoms with Crippen LogP contribution in [0.2, 0.25) is 0 Å². The number of hydrogen-bond donors (Lipinski definition) is 1. The standard InChI is InChI=1S/C36H65NO7/c1-6-9-11-13-15-17-18-20-22-24-29(38)27-31(39)37-32-34(40-26-23-21-19-16-14-12-10-7-2)33-30(28-42-36(4,5)44-33)43-35(32)41-25-8-3/h8,25,30,32-35H,6-7,9-24,26-28H2,1-5H3,(H,37,39)/t30-,32-,33-,34-,35+/m1/s1. The highest BCUT2D eigenvalue weighted by Gasteiger charge is 2.53. The summed E-state index contributed by atoms with van der Waals surface area (Å²) in [6.07, 6.45) is 21.8. The van der Waals surface area contributed by atoms with E-state index in [1.807, 2.05) is 20.8 Å². The monoisotopic (exact) mass is 623 g/mol. The van der Waals surface area contributed by atoms with Crippen LogP contribution < -0.4 is 5.32 Å². The molecular weight excluding hydrogens is 558 g/mol. The van der Waals surface area contributed by atoms with Crippen molar-refractivity contribution in [1.29, 1.82) is 0 Å². The first kappa shape index (κ1) is 38.7. The topological polar surface area (TPSA) is 92.3 Å². The van der Waals surface area contributed by atoms with Gasteiger partial charge in [-0.2, -0.15) is 0 Å². The minimum Gasteiger partial charge on any atom is -0.471 e. The fourth-order valence-electron chi connectivity index (χ4n) is 6.04. The Morgan fingerprint density at radius 2 is 1.41 bits per heavy atom. The summed E-state index contributed by atoms with van der Waals surface area (Å²) in [6, 6.07) is -0.636. The van der Waals surface area contributed by atoms with E-state index in [2.05, 4.69) is 19.2 Å². The first-order valence-electron chi connectivity index (χ1n) is 18.0. The van der Waals surface area contributed by atoms with Crippen molar-refractivity contribution >= 4 is 11.7 Å². The molecule has 1 N–H and O–H groups in total. The summed E-state index contributed by atoms with van der Waals surface area (Å²) >= 11 is 0. The van der Waals surface area contributed by atoms with Crippen LogP contribution in [0.3, 0.4) is 0 Å². The molecule has 2 fully saturated rings. The molecule has 44 heavy (non-hydrogen) atoms. The Bertz CT molecular complexity index is 801. The lowest BCUT2D eigenvalue weighted by atomic mass is 9.94. The maximum Gasteiger partial charge on any atom is 0.227 e. The number of ether oxygens (including phenoxy) is 5. The van der Waals surface area contributed by atoms with Crippen LogP contribution >= 0.6 is 0 Å². The van der Waals surface area contributed by atoms with Crippen molar-refractivity contribution < 1.29 is 33.3 Å². The summed E-state index contributed by atoms with van der Waals surface area (Å²) in [7, 11) is 0. The third-order valence-corrected chi connectivity index (χ3v) is 8.56. The zero-order valence-electron chi connectivity index (χ0n) is 28.7. The molecule has 2 saturated heterocycles. The van der Waals surface area contributed by atoms with Crippen molar-refractivity contribution in [2.75, 3.05) is 13.2 Å². The van der Waals surface area contributed by atoms with Gasteiger partial charge in [-0.05, 0) is 33.6 Å². The molecule has 256 valence electrons. The minimum atomic E-state index is -0.804. The third-order valence-electron chi connectivity index (χ3n) is 8.56. The number of ketones is 1. The zero-order valence-corrected chi connectivity index (χ0v) is 28.7. The highest BCUT2D eigenvalue weighted by molar-refractivity contribution is 5.98. The van der Waals surface area contributed by atoms with Crippen molar-refractivity contribution in [3.8, 4) is 0 Å². The van der Waals surface area contributed by atoms with E-state index in [1.165, 1.54) is 77.0 Å². The Morgan fingerprint density at radius 1 is 0.841 bits per heavy atom. The lowest BCUT2D eigenvalue weighted by Crippen LogP contribution is -2.69. The number of carbonyl (C=O) groups is 2. The normalized spacial score (nSPS) is 24.7. The second-order valence-corrected chi connectivity index (χ2v) is 13.1. The Balaban J connectivity index is 1.92. The van der Waals surface area contributed by atoms with Crippen LogP contribution in [0.4, 0.5) is 0 Å². The van der Waals surface area contributed by atoms with E-state index in [9.17, 15) is 9.59 Å². The van der Waals surface area contributed by atoms with E-state index < -0.39 is 36.4 Å². The van der Waals surface area contributed by atoms with E-state index in [1.54, 1.807) is 12.3 Å². The summed E-state index contributed by atoms with van der Waals surface area (Å²) in [4.78, 5) is 25.9. The maximum atomic E-state index is 13.2. The second kappa shape index (κ2) is 22.9. The van der Waals surface area contributed by atoms with Gasteiger partial charge in [-0.25, -0.2) is 0 Å². The molecule has 0 aromatic rings. The highest BCUT2D eigenvalue weighted by Crippen LogP contribution is 2.34. The third kappa shape index (κ3) is 15.7. The molecule has 2 heterocycles. The Labute approximate surface area is 268 Å². The van der Waals surface area contributed by atoms with Gasteiger partial charge in [0, 0.05) is 13.0 Å². The molecule has 8 heteroatoms. The van der Waals surface area contributed by atoms with Gasteiger partial charge in [0.25, 0.3) is 0 Å². The smallest absolute Gasteiger partial charge is 0.227 e. The van der Waals surface area contributed by atoms with Crippen LogP contribution in [0.25, 0.3) is 0 Å². The van der Waals surface area contributed by atoms with Gasteiger partial charge in [-0.15, -0.1) is 0 Å². The summed E-state index contributed by atoms with van der Waals surface area (Å²) in [6.45, 7) is 11.0. The fraction of sp³-hybridized carbons (Fsp3) is 0.889. The lowest BCUT2D eigenvalue weighted by molar-refractivity contribution is -0.368. The summed E-state index contributed by atoms with van der Waals surface area (Å²) in [5.41, 5.74) is 0. The quantitative estimate of drug-likeness (QED) is 0.0621. The molecule has 0 aliphatic carbocycles. The van der Waals surface area contributed by atoms with Crippen molar-refractivity contribution in [2.24, 2.45) is 0 Å². The molecule has 0 bridgehead atoms. The van der Waals surface area contributed by atoms with Crippen molar-refractivity contribution in [3.63, 3.8) is 0 Å². The summed E-state index contributed by atoms with van der Waals surface area (Å²) < 4.78 is 30.9. The van der Waals surface area contributed by atoms with Gasteiger partial charge in [-0.1, -0.05) is 116 Å². The molecule has 0 saturated carbocycles. The number of nitrogens with one attached hydrogen (secondary N) is 1. The highest BCUT2D eigenvalue weighted by atomic mass is 16.8. The van der Waals surface area contributed by atoms with Crippen LogP contribution in [0.5, 0.6) is 0 Å². The number of amides is 1. The van der Waals surface area contributed by atoms with Crippen molar-refractivity contribution in [3.05, 3.63) is 12.3 Å². The molecule has 2 aliphatic heterocycles. The Kier molecular flexibility index (Phi) is 20.2. The molecule has 0 unspecified atom stereocenters. The van der Waals surface area contributed by atoms with Gasteiger partial charge in [0.05, 0.1) is 19.3 Å². The molecule has 5 atom stereocenters. The molecule has 1 amide bonds. The van der Waals surface area contributed by atoms with Gasteiger partial charge in [0.15, 0.2) is 5.79 Å². The van der Waals surface area contributed by atoms with Crippen LogP contribution in [0.1, 0.15) is 157 Å². The molecule has 8 nitrogen and oxygen atoms in total. The Hall–Kier alpha value is -1.48. The number of allylic oxidation sites excluding steroid dienone is 1. The average Bonchev–Trinajstić information content (AvgIpc) is 2.99. The molecule has 2 aliphatic rings. The number of carbonyl (C=O) groups excluding carboxylic acids is 2. The van der Waals surface area contributed by atoms with Gasteiger partial charge < -0.3 is 29.0 Å². The molecular formula is C36H65NO7. The van der Waals surface area contributed by atoms with E-state index >= 15 is 0 Å².